The van der Waals surface area contributed by atoms with Crippen molar-refractivity contribution in [1.29, 1.82) is 0 Å². The lowest BCUT2D eigenvalue weighted by Crippen LogP contribution is -2.60. The lowest BCUT2D eigenvalue weighted by molar-refractivity contribution is -0.156. The zero-order chi connectivity index (χ0) is 26.5. The lowest BCUT2D eigenvalue weighted by Gasteiger charge is -2.35. The van der Waals surface area contributed by atoms with Crippen molar-refractivity contribution < 1.29 is 37.4 Å². The van der Waals surface area contributed by atoms with Crippen molar-refractivity contribution in [3.8, 4) is 0 Å². The molecule has 0 radical (unpaired) electrons. The minimum absolute atomic E-state index is 0.0744. The normalized spacial score (nSPS) is 26.4. The van der Waals surface area contributed by atoms with Crippen LogP contribution in [0.4, 0.5) is 13.2 Å². The molecule has 4 rings (SSSR count). The standard InChI is InChI=1S/C26H27F3N2O5/c1-24(2,3)31-21(32)18-19(22(31)33)25(23(34)35,14-36-13-15-7-5-4-6-8-15)30-20(18)16-9-11-17(12-10-16)26(27,28)29/h4-12,18-20,30H,13-14H2,1-3H3,(H,34,35). The number of amides is 2. The van der Waals surface area contributed by atoms with Crippen molar-refractivity contribution in [1.82, 2.24) is 10.2 Å². The van der Waals surface area contributed by atoms with Gasteiger partial charge in [-0.2, -0.15) is 13.2 Å². The van der Waals surface area contributed by atoms with E-state index in [2.05, 4.69) is 5.32 Å². The molecule has 192 valence electrons. The van der Waals surface area contributed by atoms with Gasteiger partial charge in [-0.05, 0) is 44.0 Å². The molecule has 36 heavy (non-hydrogen) atoms. The summed E-state index contributed by atoms with van der Waals surface area (Å²) in [6, 6.07) is 12.2. The first-order valence-corrected chi connectivity index (χ1v) is 11.5. The summed E-state index contributed by atoms with van der Waals surface area (Å²) in [4.78, 5) is 40.8. The number of carbonyl (C=O) groups excluding carboxylic acids is 2. The second-order valence-corrected chi connectivity index (χ2v) is 10.2. The number of hydrogen-bond acceptors (Lipinski definition) is 5. The molecule has 2 aromatic rings. The molecule has 2 fully saturated rings. The average Bonchev–Trinajstić information content (AvgIpc) is 3.28. The van der Waals surface area contributed by atoms with E-state index in [1.165, 1.54) is 12.1 Å². The summed E-state index contributed by atoms with van der Waals surface area (Å²) in [6.07, 6.45) is -4.55. The van der Waals surface area contributed by atoms with Gasteiger partial charge in [0.15, 0.2) is 5.54 Å². The fraction of sp³-hybridized carbons (Fsp3) is 0.423. The molecule has 7 nitrogen and oxygen atoms in total. The summed E-state index contributed by atoms with van der Waals surface area (Å²) in [5.74, 6) is -5.02. The molecule has 2 heterocycles. The highest BCUT2D eigenvalue weighted by molar-refractivity contribution is 6.10. The van der Waals surface area contributed by atoms with E-state index in [4.69, 9.17) is 4.74 Å². The molecule has 0 spiro atoms. The monoisotopic (exact) mass is 504 g/mol. The number of hydrogen-bond donors (Lipinski definition) is 2. The molecule has 4 unspecified atom stereocenters. The molecule has 2 aliphatic heterocycles. The third-order valence-corrected chi connectivity index (χ3v) is 6.75. The van der Waals surface area contributed by atoms with Crippen LogP contribution in [0.5, 0.6) is 0 Å². The van der Waals surface area contributed by atoms with Crippen molar-refractivity contribution >= 4 is 17.8 Å². The molecule has 0 bridgehead atoms. The van der Waals surface area contributed by atoms with Gasteiger partial charge in [0.1, 0.15) is 0 Å². The van der Waals surface area contributed by atoms with Gasteiger partial charge in [-0.1, -0.05) is 42.5 Å². The summed E-state index contributed by atoms with van der Waals surface area (Å²) in [5, 5.41) is 13.3. The van der Waals surface area contributed by atoms with Crippen molar-refractivity contribution in [3.05, 3.63) is 71.3 Å². The highest BCUT2D eigenvalue weighted by Crippen LogP contribution is 2.50. The van der Waals surface area contributed by atoms with Crippen LogP contribution in [0.1, 0.15) is 43.5 Å². The number of ether oxygens (including phenoxy) is 1. The Balaban J connectivity index is 1.74. The van der Waals surface area contributed by atoms with Crippen LogP contribution < -0.4 is 5.32 Å². The first kappa shape index (κ1) is 25.8. The minimum atomic E-state index is -4.55. The number of imide groups is 1. The van der Waals surface area contributed by atoms with Crippen molar-refractivity contribution in [2.75, 3.05) is 6.61 Å². The topological polar surface area (TPSA) is 95.9 Å². The Morgan fingerprint density at radius 3 is 2.17 bits per heavy atom. The van der Waals surface area contributed by atoms with E-state index in [1.54, 1.807) is 45.0 Å². The van der Waals surface area contributed by atoms with Crippen LogP contribution in [0.3, 0.4) is 0 Å². The van der Waals surface area contributed by atoms with Crippen LogP contribution in [-0.2, 0) is 31.9 Å². The van der Waals surface area contributed by atoms with E-state index in [9.17, 15) is 32.7 Å². The van der Waals surface area contributed by atoms with Crippen molar-refractivity contribution in [2.45, 2.75) is 50.7 Å². The van der Waals surface area contributed by atoms with Crippen LogP contribution in [-0.4, -0.2) is 45.5 Å². The Kier molecular flexibility index (Phi) is 6.47. The van der Waals surface area contributed by atoms with Crippen LogP contribution in [0.2, 0.25) is 0 Å². The number of alkyl halides is 3. The predicted octanol–water partition coefficient (Wildman–Crippen LogP) is 3.79. The van der Waals surface area contributed by atoms with Crippen LogP contribution in [0.15, 0.2) is 54.6 Å². The summed E-state index contributed by atoms with van der Waals surface area (Å²) in [7, 11) is 0. The fourth-order valence-electron chi connectivity index (χ4n) is 5.13. The summed E-state index contributed by atoms with van der Waals surface area (Å²) >= 11 is 0. The molecule has 2 N–H and O–H groups in total. The summed E-state index contributed by atoms with van der Waals surface area (Å²) in [6.45, 7) is 4.65. The molecule has 2 amide bonds. The zero-order valence-corrected chi connectivity index (χ0v) is 20.0. The second-order valence-electron chi connectivity index (χ2n) is 10.2. The number of fused-ring (bicyclic) bond motifs is 1. The maximum Gasteiger partial charge on any atom is 0.416 e. The van der Waals surface area contributed by atoms with Gasteiger partial charge in [-0.25, -0.2) is 0 Å². The molecule has 4 atom stereocenters. The van der Waals surface area contributed by atoms with Gasteiger partial charge in [0.2, 0.25) is 11.8 Å². The van der Waals surface area contributed by atoms with Crippen molar-refractivity contribution in [2.24, 2.45) is 11.8 Å². The molecule has 0 aliphatic carbocycles. The van der Waals surface area contributed by atoms with E-state index >= 15 is 0 Å². The highest BCUT2D eigenvalue weighted by Gasteiger charge is 2.69. The first-order chi connectivity index (χ1) is 16.8. The van der Waals surface area contributed by atoms with E-state index < -0.39 is 65.1 Å². The van der Waals surface area contributed by atoms with Gasteiger partial charge in [-0.15, -0.1) is 0 Å². The number of carbonyl (C=O) groups is 3. The van der Waals surface area contributed by atoms with Gasteiger partial charge in [0.25, 0.3) is 0 Å². The predicted molar refractivity (Wildman–Crippen MR) is 122 cm³/mol. The first-order valence-electron chi connectivity index (χ1n) is 11.5. The molecule has 2 saturated heterocycles. The molecule has 0 saturated carbocycles. The van der Waals surface area contributed by atoms with Gasteiger partial charge in [-0.3, -0.25) is 24.6 Å². The van der Waals surface area contributed by atoms with Gasteiger partial charge in [0, 0.05) is 11.6 Å². The smallest absolute Gasteiger partial charge is 0.416 e. The number of rotatable bonds is 6. The number of likely N-dealkylation sites (tertiary alicyclic amines) is 1. The molecular formula is C26H27F3N2O5. The Morgan fingerprint density at radius 1 is 1.03 bits per heavy atom. The maximum atomic E-state index is 13.6. The third-order valence-electron chi connectivity index (χ3n) is 6.75. The highest BCUT2D eigenvalue weighted by atomic mass is 19.4. The number of carboxylic acid groups (broad SMARTS) is 1. The largest absolute Gasteiger partial charge is 0.480 e. The zero-order valence-electron chi connectivity index (χ0n) is 20.0. The average molecular weight is 505 g/mol. The quantitative estimate of drug-likeness (QED) is 0.582. The number of nitrogens with zero attached hydrogens (tertiary/aromatic N) is 1. The maximum absolute atomic E-state index is 13.6. The minimum Gasteiger partial charge on any atom is -0.480 e. The molecular weight excluding hydrogens is 477 g/mol. The number of nitrogens with one attached hydrogen (secondary N) is 1. The second kappa shape index (κ2) is 9.01. The Labute approximate surface area is 206 Å². The number of halogens is 3. The Hall–Kier alpha value is -3.24. The third kappa shape index (κ3) is 4.39. The number of benzene rings is 2. The Morgan fingerprint density at radius 2 is 1.64 bits per heavy atom. The van der Waals surface area contributed by atoms with E-state index in [0.717, 1.165) is 22.6 Å². The molecule has 10 heteroatoms. The van der Waals surface area contributed by atoms with Gasteiger partial charge >= 0.3 is 12.1 Å². The Bertz CT molecular complexity index is 1160. The van der Waals surface area contributed by atoms with E-state index in [0.29, 0.717) is 0 Å². The summed E-state index contributed by atoms with van der Waals surface area (Å²) < 4.78 is 45.1. The lowest BCUT2D eigenvalue weighted by atomic mass is 9.79. The van der Waals surface area contributed by atoms with Crippen LogP contribution >= 0.6 is 0 Å². The fourth-order valence-corrected chi connectivity index (χ4v) is 5.13. The van der Waals surface area contributed by atoms with Gasteiger partial charge in [0.05, 0.1) is 30.6 Å². The molecule has 2 aliphatic rings. The van der Waals surface area contributed by atoms with E-state index in [-0.39, 0.29) is 12.2 Å². The van der Waals surface area contributed by atoms with Crippen LogP contribution in [0.25, 0.3) is 0 Å². The van der Waals surface area contributed by atoms with Crippen molar-refractivity contribution in [3.63, 3.8) is 0 Å². The molecule has 0 aromatic heterocycles. The number of carboxylic acids is 1. The SMILES string of the molecule is CC(C)(C)N1C(=O)C2C(c3ccc(C(F)(F)F)cc3)NC(COCc3ccccc3)(C(=O)O)C2C1=O. The van der Waals surface area contributed by atoms with Gasteiger partial charge < -0.3 is 9.84 Å². The molecule has 2 aromatic carbocycles. The van der Waals surface area contributed by atoms with E-state index in [1.807, 2.05) is 6.07 Å². The van der Waals surface area contributed by atoms with Crippen LogP contribution in [0, 0.1) is 11.8 Å². The summed E-state index contributed by atoms with van der Waals surface area (Å²) in [5.41, 5.74) is -2.68. The number of aliphatic carboxylic acids is 1.